The molecule has 506 valence electrons. The van der Waals surface area contributed by atoms with Crippen LogP contribution in [0.25, 0.3) is 0 Å². The van der Waals surface area contributed by atoms with Crippen molar-refractivity contribution in [3.63, 3.8) is 0 Å². The zero-order valence-corrected chi connectivity index (χ0v) is 50.6. The van der Waals surface area contributed by atoms with E-state index in [0.29, 0.717) is 44.9 Å². The lowest BCUT2D eigenvalue weighted by Crippen LogP contribution is -2.69. The Hall–Kier alpha value is -1.87. The summed E-state index contributed by atoms with van der Waals surface area (Å²) < 4.78 is 60.2. The number of fused-ring (bicyclic) bond motifs is 7. The standard InChI is InChI=1S/C59H96O29/c1-54(2)16-23-22-8-9-29-56(4)12-11-30(83-53-45(38(72)37(71)43(85-53)48(77)78)87-52-44(36(70)33(67)27(19-62)82-52)86-51-40(74)35(69)32(66)26(18-61)81-51)57(5,21-63)28(56)10-13-59(29,7)58(22,6)15-14-55(23,3)47(46(54)76)88-49-41(75)42(24(64)20-79-49)84-50-39(73)34(68)31(65)25(17-60)80-50/h8,23-47,49-53,60-76H,9-21H2,1-7H3,(H,77,78)/t23-,24-,25+,26+,27+,28?,29?,30-,31+,32+,33+,34-,35-,36-,37-,38-,39+,40+,41+,42-,43-,44+,45+,46-,47+,49-,50?,51-,52+,53-,55+,56-,57+,58+,59+/m0/s1. The third kappa shape index (κ3) is 11.2. The Labute approximate surface area is 509 Å². The van der Waals surface area contributed by atoms with Crippen LogP contribution in [0.3, 0.4) is 0 Å². The summed E-state index contributed by atoms with van der Waals surface area (Å²) in [6, 6.07) is 0. The molecule has 3 unspecified atom stereocenters. The molecule has 35 atom stereocenters. The first-order valence-corrected chi connectivity index (χ1v) is 31.0. The van der Waals surface area contributed by atoms with Gasteiger partial charge in [0.05, 0.1) is 51.3 Å². The average molecular weight is 1270 g/mol. The van der Waals surface area contributed by atoms with Crippen molar-refractivity contribution in [2.75, 3.05) is 33.0 Å². The van der Waals surface area contributed by atoms with E-state index < -0.39 is 225 Å². The highest BCUT2D eigenvalue weighted by Crippen LogP contribution is 2.76. The number of hydrogen-bond donors (Lipinski definition) is 18. The first-order valence-electron chi connectivity index (χ1n) is 31.0. The van der Waals surface area contributed by atoms with Gasteiger partial charge in [0.15, 0.2) is 37.6 Å². The predicted molar refractivity (Wildman–Crippen MR) is 293 cm³/mol. The molecule has 4 saturated carbocycles. The quantitative estimate of drug-likeness (QED) is 0.0539. The number of aliphatic hydroxyl groups excluding tert-OH is 17. The number of hydrogen-bond acceptors (Lipinski definition) is 28. The van der Waals surface area contributed by atoms with E-state index in [9.17, 15) is 96.7 Å². The fraction of sp³-hybridized carbons (Fsp3) is 0.949. The van der Waals surface area contributed by atoms with Gasteiger partial charge in [-0.3, -0.25) is 0 Å². The maximum atomic E-state index is 12.6. The van der Waals surface area contributed by atoms with Crippen LogP contribution in [0.1, 0.15) is 99.8 Å². The molecule has 10 rings (SSSR count). The highest BCUT2D eigenvalue weighted by Gasteiger charge is 2.71. The molecule has 0 amide bonds. The number of allylic oxidation sites excluding steroid dienone is 2. The molecule has 5 aliphatic heterocycles. The topological polar surface area (TPSA) is 474 Å². The van der Waals surface area contributed by atoms with Crippen LogP contribution in [-0.2, 0) is 52.2 Å². The fourth-order valence-corrected chi connectivity index (χ4v) is 17.9. The van der Waals surface area contributed by atoms with Gasteiger partial charge in [-0.2, -0.15) is 0 Å². The molecule has 0 bridgehead atoms. The van der Waals surface area contributed by atoms with Gasteiger partial charge in [0.25, 0.3) is 0 Å². The van der Waals surface area contributed by atoms with E-state index in [2.05, 4.69) is 33.8 Å². The molecular weight excluding hydrogens is 1170 g/mol. The molecular formula is C59H96O29. The van der Waals surface area contributed by atoms with Crippen LogP contribution in [0.2, 0.25) is 0 Å². The zero-order valence-electron chi connectivity index (χ0n) is 50.6. The number of rotatable bonds is 15. The van der Waals surface area contributed by atoms with Crippen molar-refractivity contribution in [3.8, 4) is 0 Å². The largest absolute Gasteiger partial charge is 0.479 e. The highest BCUT2D eigenvalue weighted by atomic mass is 16.8. The summed E-state index contributed by atoms with van der Waals surface area (Å²) in [6.07, 6.45) is -39.2. The average Bonchev–Trinajstić information content (AvgIpc) is 0.677. The molecule has 5 aliphatic carbocycles. The van der Waals surface area contributed by atoms with Gasteiger partial charge in [-0.1, -0.05) is 60.1 Å². The summed E-state index contributed by atoms with van der Waals surface area (Å²) in [5.41, 5.74) is -2.58. The minimum Gasteiger partial charge on any atom is -0.479 e. The molecule has 9 fully saturated rings. The van der Waals surface area contributed by atoms with Crippen LogP contribution in [0.15, 0.2) is 11.6 Å². The summed E-state index contributed by atoms with van der Waals surface area (Å²) >= 11 is 0. The zero-order chi connectivity index (χ0) is 64.4. The van der Waals surface area contributed by atoms with E-state index in [4.69, 9.17) is 47.4 Å². The molecule has 88 heavy (non-hydrogen) atoms. The maximum absolute atomic E-state index is 12.6. The van der Waals surface area contributed by atoms with Gasteiger partial charge in [-0.25, -0.2) is 4.79 Å². The smallest absolute Gasteiger partial charge is 0.335 e. The van der Waals surface area contributed by atoms with Gasteiger partial charge in [0.1, 0.15) is 110 Å². The van der Waals surface area contributed by atoms with Crippen molar-refractivity contribution in [1.82, 2.24) is 0 Å². The summed E-state index contributed by atoms with van der Waals surface area (Å²) in [5, 5.41) is 196. The summed E-state index contributed by atoms with van der Waals surface area (Å²) in [7, 11) is 0. The Kier molecular flexibility index (Phi) is 19.9. The highest BCUT2D eigenvalue weighted by molar-refractivity contribution is 5.73. The van der Waals surface area contributed by atoms with Crippen molar-refractivity contribution in [2.24, 2.45) is 50.2 Å². The molecule has 18 N–H and O–H groups in total. The Bertz CT molecular complexity index is 2460. The lowest BCUT2D eigenvalue weighted by molar-refractivity contribution is -0.397. The van der Waals surface area contributed by atoms with Gasteiger partial charge in [-0.15, -0.1) is 0 Å². The minimum atomic E-state index is -2.17. The van der Waals surface area contributed by atoms with Crippen molar-refractivity contribution in [1.29, 1.82) is 0 Å². The van der Waals surface area contributed by atoms with Crippen molar-refractivity contribution in [3.05, 3.63) is 11.6 Å². The second kappa shape index (κ2) is 25.4. The monoisotopic (exact) mass is 1270 g/mol. The van der Waals surface area contributed by atoms with Crippen LogP contribution in [0, 0.1) is 50.2 Å². The van der Waals surface area contributed by atoms with E-state index in [-0.39, 0.29) is 36.2 Å². The van der Waals surface area contributed by atoms with Gasteiger partial charge < -0.3 is 139 Å². The molecule has 29 nitrogen and oxygen atoms in total. The van der Waals surface area contributed by atoms with Crippen LogP contribution < -0.4 is 0 Å². The number of carboxylic acid groups (broad SMARTS) is 1. The molecule has 10 aliphatic rings. The van der Waals surface area contributed by atoms with Gasteiger partial charge in [-0.05, 0) is 90.8 Å². The van der Waals surface area contributed by atoms with E-state index in [0.717, 1.165) is 0 Å². The molecule has 0 aromatic rings. The second-order valence-electron chi connectivity index (χ2n) is 28.8. The Balaban J connectivity index is 0.892. The lowest BCUT2D eigenvalue weighted by Gasteiger charge is -2.72. The number of ether oxygens (including phenoxy) is 10. The van der Waals surface area contributed by atoms with E-state index >= 15 is 0 Å². The van der Waals surface area contributed by atoms with Crippen LogP contribution in [0.5, 0.6) is 0 Å². The van der Waals surface area contributed by atoms with Gasteiger partial charge in [0, 0.05) is 10.8 Å². The molecule has 29 heteroatoms. The first kappa shape index (κ1) is 69.0. The van der Waals surface area contributed by atoms with Crippen LogP contribution in [0.4, 0.5) is 0 Å². The van der Waals surface area contributed by atoms with E-state index in [1.807, 2.05) is 20.8 Å². The number of aliphatic hydroxyl groups is 17. The second-order valence-corrected chi connectivity index (χ2v) is 28.8. The molecule has 5 saturated heterocycles. The summed E-state index contributed by atoms with van der Waals surface area (Å²) in [5.74, 6) is -2.05. The third-order valence-corrected chi connectivity index (χ3v) is 23.6. The first-order chi connectivity index (χ1) is 41.2. The molecule has 0 aromatic carbocycles. The molecule has 0 aromatic heterocycles. The van der Waals surface area contributed by atoms with Crippen molar-refractivity contribution < 1.29 is 144 Å². The Morgan fingerprint density at radius 2 is 1.05 bits per heavy atom. The summed E-state index contributed by atoms with van der Waals surface area (Å²) in [6.45, 7) is 11.5. The van der Waals surface area contributed by atoms with Crippen LogP contribution in [-0.4, -0.2) is 297 Å². The van der Waals surface area contributed by atoms with E-state index in [1.165, 1.54) is 5.57 Å². The van der Waals surface area contributed by atoms with Gasteiger partial charge in [0.2, 0.25) is 0 Å². The number of carboxylic acids is 1. The lowest BCUT2D eigenvalue weighted by atomic mass is 9.33. The predicted octanol–water partition coefficient (Wildman–Crippen LogP) is -5.06. The Morgan fingerprint density at radius 3 is 1.60 bits per heavy atom. The van der Waals surface area contributed by atoms with E-state index in [1.54, 1.807) is 0 Å². The van der Waals surface area contributed by atoms with Crippen molar-refractivity contribution in [2.45, 2.75) is 266 Å². The molecule has 5 heterocycles. The summed E-state index contributed by atoms with van der Waals surface area (Å²) in [4.78, 5) is 12.6. The van der Waals surface area contributed by atoms with Gasteiger partial charge >= 0.3 is 5.97 Å². The van der Waals surface area contributed by atoms with Crippen LogP contribution >= 0.6 is 0 Å². The number of aliphatic carboxylic acids is 1. The maximum Gasteiger partial charge on any atom is 0.335 e. The Morgan fingerprint density at radius 1 is 0.523 bits per heavy atom. The number of carbonyl (C=O) groups is 1. The third-order valence-electron chi connectivity index (χ3n) is 23.6. The SMILES string of the molecule is CC1(C)C[C@H]2C3=CCC4[C@@]5(C)CC[C@H](O[C@H]6O[C@H](C(=O)O)[C@@H](O)[C@H](O)[C@H]6O[C@H]6O[C@H](CO)[C@@H](O)[C@H](O)[C@H]6O[C@@H]6O[C@H](CO)[C@@H](O)[C@H](O)[C@H]6O)[C@](C)(CO)C5CC[C@@]4(C)[C@]3(C)CC[C@@]2(C)[C@H](O[C@@H]2OC[C@H](O)[C@H](OC3O[C@H](CO)[C@@H](O)[C@H](O)[C@H]3O)[C@H]2O)[C@@H]1O. The minimum absolute atomic E-state index is 0.0245. The fourth-order valence-electron chi connectivity index (χ4n) is 17.9. The van der Waals surface area contributed by atoms with Crippen molar-refractivity contribution >= 4 is 5.97 Å². The molecule has 0 radical (unpaired) electrons. The normalized spacial score (nSPS) is 55.5. The molecule has 0 spiro atoms.